The molecule has 1 aliphatic rings. The van der Waals surface area contributed by atoms with Crippen LogP contribution in [0.4, 0.5) is 0 Å². The summed E-state index contributed by atoms with van der Waals surface area (Å²) in [6, 6.07) is 0. The van der Waals surface area contributed by atoms with Gasteiger partial charge in [-0.2, -0.15) is 0 Å². The average Bonchev–Trinajstić information content (AvgIpc) is 1.82. The smallest absolute Gasteiger partial charge is 0.0139 e. The predicted molar refractivity (Wildman–Crippen MR) is 39.0 cm³/mol. The third-order valence-electron chi connectivity index (χ3n) is 1.66. The molecule has 1 saturated heterocycles. The van der Waals surface area contributed by atoms with Crippen molar-refractivity contribution in [2.75, 3.05) is 13.1 Å². The number of thiol groups is 1. The van der Waals surface area contributed by atoms with E-state index < -0.39 is 0 Å². The number of nitrogens with zero attached hydrogens (tertiary/aromatic N) is 1. The summed E-state index contributed by atoms with van der Waals surface area (Å²) < 4.78 is 2.08. The van der Waals surface area contributed by atoms with E-state index in [4.69, 9.17) is 0 Å². The lowest BCUT2D eigenvalue weighted by atomic mass is 9.93. The van der Waals surface area contributed by atoms with Gasteiger partial charge in [0.2, 0.25) is 0 Å². The van der Waals surface area contributed by atoms with E-state index in [0.29, 0.717) is 5.41 Å². The Balaban J connectivity index is 2.44. The maximum absolute atomic E-state index is 4.24. The Morgan fingerprint density at radius 3 is 2.25 bits per heavy atom. The van der Waals surface area contributed by atoms with Crippen LogP contribution in [0.25, 0.3) is 0 Å². The van der Waals surface area contributed by atoms with Gasteiger partial charge in [-0.1, -0.05) is 26.7 Å². The lowest BCUT2D eigenvalue weighted by Gasteiger charge is -2.14. The zero-order valence-corrected chi connectivity index (χ0v) is 6.41. The first-order valence-corrected chi connectivity index (χ1v) is 3.44. The van der Waals surface area contributed by atoms with Crippen LogP contribution in [0.1, 0.15) is 20.3 Å². The molecule has 0 atom stereocenters. The van der Waals surface area contributed by atoms with Crippen molar-refractivity contribution >= 4 is 12.8 Å². The maximum Gasteiger partial charge on any atom is 0.0139 e. The largest absolute Gasteiger partial charge is 0.253 e. The second kappa shape index (κ2) is 1.92. The summed E-state index contributed by atoms with van der Waals surface area (Å²) in [4.78, 5) is 0. The Kier molecular flexibility index (Phi) is 1.54. The van der Waals surface area contributed by atoms with Crippen LogP contribution in [-0.4, -0.2) is 17.4 Å². The lowest BCUT2D eigenvalue weighted by molar-refractivity contribution is 0.390. The number of hydrogen-bond acceptors (Lipinski definition) is 2. The van der Waals surface area contributed by atoms with Gasteiger partial charge in [-0.05, 0) is 11.8 Å². The van der Waals surface area contributed by atoms with Crippen molar-refractivity contribution in [3.05, 3.63) is 0 Å². The molecule has 0 saturated carbocycles. The van der Waals surface area contributed by atoms with E-state index >= 15 is 0 Å². The summed E-state index contributed by atoms with van der Waals surface area (Å²) >= 11 is 4.24. The van der Waals surface area contributed by atoms with Crippen molar-refractivity contribution in [3.8, 4) is 0 Å². The first kappa shape index (κ1) is 6.43. The fraction of sp³-hybridized carbons (Fsp3) is 1.00. The number of hydrogen-bond donors (Lipinski definition) is 1. The zero-order valence-electron chi connectivity index (χ0n) is 5.52. The summed E-state index contributed by atoms with van der Waals surface area (Å²) in [6.07, 6.45) is 1.29. The third-order valence-corrected chi connectivity index (χ3v) is 2.00. The summed E-state index contributed by atoms with van der Waals surface area (Å²) in [6.45, 7) is 6.85. The van der Waals surface area contributed by atoms with E-state index in [1.807, 2.05) is 0 Å². The standard InChI is InChI=1S/C6H13NS/c1-6(2)3-4-7(8)5-6/h8H,3-5H2,1-2H3. The molecule has 0 unspecified atom stereocenters. The molecule has 0 spiro atoms. The average molecular weight is 131 g/mol. The Morgan fingerprint density at radius 1 is 1.50 bits per heavy atom. The summed E-state index contributed by atoms with van der Waals surface area (Å²) in [7, 11) is 0. The highest BCUT2D eigenvalue weighted by Gasteiger charge is 2.26. The van der Waals surface area contributed by atoms with Crippen LogP contribution in [-0.2, 0) is 0 Å². The molecule has 2 heteroatoms. The predicted octanol–water partition coefficient (Wildman–Crippen LogP) is 1.56. The van der Waals surface area contributed by atoms with Crippen molar-refractivity contribution in [3.63, 3.8) is 0 Å². The van der Waals surface area contributed by atoms with Gasteiger partial charge in [0.05, 0.1) is 0 Å². The molecule has 0 aromatic rings. The highest BCUT2D eigenvalue weighted by Crippen LogP contribution is 2.29. The highest BCUT2D eigenvalue weighted by atomic mass is 32.1. The molecule has 0 radical (unpaired) electrons. The SMILES string of the molecule is CC1(C)CCN(S)C1. The monoisotopic (exact) mass is 131 g/mol. The molecular weight excluding hydrogens is 118 g/mol. The van der Waals surface area contributed by atoms with E-state index in [-0.39, 0.29) is 0 Å². The minimum atomic E-state index is 0.516. The van der Waals surface area contributed by atoms with Crippen molar-refractivity contribution < 1.29 is 0 Å². The molecule has 1 rings (SSSR count). The van der Waals surface area contributed by atoms with Gasteiger partial charge < -0.3 is 0 Å². The van der Waals surface area contributed by atoms with E-state index in [2.05, 4.69) is 31.0 Å². The molecule has 0 bridgehead atoms. The van der Waals surface area contributed by atoms with Gasteiger partial charge in [0.15, 0.2) is 0 Å². The van der Waals surface area contributed by atoms with Crippen LogP contribution in [0.3, 0.4) is 0 Å². The molecule has 0 aromatic carbocycles. The summed E-state index contributed by atoms with van der Waals surface area (Å²) in [5.41, 5.74) is 0.516. The first-order valence-electron chi connectivity index (χ1n) is 3.04. The molecule has 48 valence electrons. The van der Waals surface area contributed by atoms with Crippen molar-refractivity contribution in [1.82, 2.24) is 4.31 Å². The van der Waals surface area contributed by atoms with Gasteiger partial charge >= 0.3 is 0 Å². The summed E-state index contributed by atoms with van der Waals surface area (Å²) in [5, 5.41) is 0. The fourth-order valence-corrected chi connectivity index (χ4v) is 1.57. The van der Waals surface area contributed by atoms with E-state index in [1.54, 1.807) is 0 Å². The molecule has 0 amide bonds. The zero-order chi connectivity index (χ0) is 6.20. The Hall–Kier alpha value is 0.310. The molecule has 0 aliphatic carbocycles. The first-order chi connectivity index (χ1) is 3.60. The third kappa shape index (κ3) is 1.39. The topological polar surface area (TPSA) is 3.24 Å². The van der Waals surface area contributed by atoms with Crippen LogP contribution in [0.5, 0.6) is 0 Å². The fourth-order valence-electron chi connectivity index (χ4n) is 1.08. The highest BCUT2D eigenvalue weighted by molar-refractivity contribution is 7.77. The van der Waals surface area contributed by atoms with E-state index in [0.717, 1.165) is 13.1 Å². The maximum atomic E-state index is 4.24. The molecule has 1 aliphatic heterocycles. The Morgan fingerprint density at radius 2 is 2.12 bits per heavy atom. The van der Waals surface area contributed by atoms with Gasteiger partial charge in [-0.25, -0.2) is 0 Å². The normalized spacial score (nSPS) is 28.9. The van der Waals surface area contributed by atoms with Crippen molar-refractivity contribution in [2.24, 2.45) is 5.41 Å². The molecule has 0 aromatic heterocycles. The van der Waals surface area contributed by atoms with Gasteiger partial charge in [-0.3, -0.25) is 4.31 Å². The van der Waals surface area contributed by atoms with Gasteiger partial charge in [-0.15, -0.1) is 0 Å². The lowest BCUT2D eigenvalue weighted by Crippen LogP contribution is -2.14. The number of rotatable bonds is 0. The van der Waals surface area contributed by atoms with Crippen LogP contribution >= 0.6 is 12.8 Å². The van der Waals surface area contributed by atoms with Crippen LogP contribution < -0.4 is 0 Å². The molecular formula is C6H13NS. The van der Waals surface area contributed by atoms with E-state index in [1.165, 1.54) is 6.42 Å². The van der Waals surface area contributed by atoms with Crippen LogP contribution in [0.15, 0.2) is 0 Å². The van der Waals surface area contributed by atoms with Crippen molar-refractivity contribution in [2.45, 2.75) is 20.3 Å². The molecule has 8 heavy (non-hydrogen) atoms. The minimum Gasteiger partial charge on any atom is -0.253 e. The van der Waals surface area contributed by atoms with Crippen LogP contribution in [0, 0.1) is 5.41 Å². The second-order valence-electron chi connectivity index (χ2n) is 3.30. The van der Waals surface area contributed by atoms with Gasteiger partial charge in [0.25, 0.3) is 0 Å². The summed E-state index contributed by atoms with van der Waals surface area (Å²) in [5.74, 6) is 0. The molecule has 0 N–H and O–H groups in total. The Bertz CT molecular complexity index is 90.5. The van der Waals surface area contributed by atoms with Crippen LogP contribution in [0.2, 0.25) is 0 Å². The van der Waals surface area contributed by atoms with E-state index in [9.17, 15) is 0 Å². The minimum absolute atomic E-state index is 0.516. The Labute approximate surface area is 56.6 Å². The van der Waals surface area contributed by atoms with Gasteiger partial charge in [0, 0.05) is 13.1 Å². The second-order valence-corrected chi connectivity index (χ2v) is 3.87. The quantitative estimate of drug-likeness (QED) is 0.488. The molecule has 1 nitrogen and oxygen atoms in total. The molecule has 1 fully saturated rings. The van der Waals surface area contributed by atoms with Gasteiger partial charge in [0.1, 0.15) is 0 Å². The van der Waals surface area contributed by atoms with Crippen molar-refractivity contribution in [1.29, 1.82) is 0 Å². The molecule has 1 heterocycles.